The van der Waals surface area contributed by atoms with E-state index in [1.807, 2.05) is 46.8 Å². The topological polar surface area (TPSA) is 141 Å². The second-order valence-electron chi connectivity index (χ2n) is 15.8. The molecular formula is C38H53N3O8. The lowest BCUT2D eigenvalue weighted by molar-refractivity contribution is -0.143. The number of aryl methyl sites for hydroxylation is 2. The number of carbonyl (C=O) groups is 5. The van der Waals surface area contributed by atoms with Crippen LogP contribution in [0.2, 0.25) is 0 Å². The Bertz CT molecular complexity index is 1480. The summed E-state index contributed by atoms with van der Waals surface area (Å²) in [5, 5.41) is 7.30. The third-order valence-corrected chi connectivity index (χ3v) is 10.6. The Labute approximate surface area is 289 Å². The highest BCUT2D eigenvalue weighted by atomic mass is 16.7. The number of rotatable bonds is 13. The van der Waals surface area contributed by atoms with Crippen molar-refractivity contribution >= 4 is 35.1 Å². The molecule has 4 atom stereocenters. The van der Waals surface area contributed by atoms with E-state index in [-0.39, 0.29) is 37.7 Å². The summed E-state index contributed by atoms with van der Waals surface area (Å²) in [6, 6.07) is 2.06. The third-order valence-electron chi connectivity index (χ3n) is 10.6. The van der Waals surface area contributed by atoms with E-state index in [4.69, 9.17) is 14.3 Å². The van der Waals surface area contributed by atoms with Crippen LogP contribution in [0.15, 0.2) is 17.3 Å². The zero-order valence-corrected chi connectivity index (χ0v) is 30.2. The van der Waals surface area contributed by atoms with Gasteiger partial charge in [-0.2, -0.15) is 0 Å². The maximum Gasteiger partial charge on any atom is 0.408 e. The van der Waals surface area contributed by atoms with Gasteiger partial charge in [-0.3, -0.25) is 19.2 Å². The quantitative estimate of drug-likeness (QED) is 0.259. The first kappa shape index (κ1) is 36.5. The van der Waals surface area contributed by atoms with Crippen molar-refractivity contribution < 1.29 is 38.3 Å². The number of alkyl carbamates (subject to hydrolysis) is 1. The summed E-state index contributed by atoms with van der Waals surface area (Å²) >= 11 is 0. The van der Waals surface area contributed by atoms with Gasteiger partial charge in [-0.1, -0.05) is 45.7 Å². The van der Waals surface area contributed by atoms with Gasteiger partial charge in [0, 0.05) is 37.2 Å². The van der Waals surface area contributed by atoms with Crippen LogP contribution in [0.4, 0.5) is 4.79 Å². The molecule has 11 nitrogen and oxygen atoms in total. The maximum absolute atomic E-state index is 14.6. The van der Waals surface area contributed by atoms with Gasteiger partial charge in [-0.25, -0.2) is 4.79 Å². The van der Waals surface area contributed by atoms with Gasteiger partial charge in [0.25, 0.3) is 0 Å². The molecule has 2 aliphatic heterocycles. The minimum Gasteiger partial charge on any atom is -0.496 e. The molecule has 0 aromatic heterocycles. The Hall–Kier alpha value is -3.76. The van der Waals surface area contributed by atoms with Gasteiger partial charge in [0.1, 0.15) is 17.9 Å². The number of carbonyl (C=O) groups excluding carboxylic acids is 5. The highest BCUT2D eigenvalue weighted by molar-refractivity contribution is 6.38. The van der Waals surface area contributed by atoms with Crippen molar-refractivity contribution in [2.45, 2.75) is 136 Å². The summed E-state index contributed by atoms with van der Waals surface area (Å²) in [5.41, 5.74) is 1.79. The third kappa shape index (κ3) is 8.35. The van der Waals surface area contributed by atoms with Gasteiger partial charge in [-0.05, 0) is 80.5 Å². The van der Waals surface area contributed by atoms with Crippen LogP contribution in [-0.2, 0) is 28.8 Å². The minimum absolute atomic E-state index is 0.0738. The summed E-state index contributed by atoms with van der Waals surface area (Å²) in [4.78, 5) is 75.3. The Morgan fingerprint density at radius 2 is 1.71 bits per heavy atom. The Morgan fingerprint density at radius 1 is 1.06 bits per heavy atom. The van der Waals surface area contributed by atoms with Crippen molar-refractivity contribution in [3.63, 3.8) is 0 Å². The molecule has 0 bridgehead atoms. The van der Waals surface area contributed by atoms with Gasteiger partial charge in [0.15, 0.2) is 17.2 Å². The molecular weight excluding hydrogens is 626 g/mol. The molecule has 4 aliphatic rings. The summed E-state index contributed by atoms with van der Waals surface area (Å²) in [5.74, 6) is -1.30. The Kier molecular flexibility index (Phi) is 10.9. The molecule has 1 aromatic carbocycles. The van der Waals surface area contributed by atoms with Crippen LogP contribution < -0.4 is 10.1 Å². The molecule has 2 amide bonds. The van der Waals surface area contributed by atoms with E-state index in [0.29, 0.717) is 24.5 Å². The Morgan fingerprint density at radius 3 is 2.29 bits per heavy atom. The Balaban J connectivity index is 1.42. The van der Waals surface area contributed by atoms with E-state index in [1.54, 1.807) is 14.0 Å². The van der Waals surface area contributed by atoms with Crippen molar-refractivity contribution in [1.82, 2.24) is 10.2 Å². The SMILES string of the molecule is CCC(=O)C(=O)C(CC(=O)[C@@H]1C[C@]2(CC(c3cc(C)c(OC)c(C)c3)=NO2)CN1C(=O)[C@@H](NC(=O)OC1CCCC1)C(C)(C)C)CC1CC1. The summed E-state index contributed by atoms with van der Waals surface area (Å²) in [6.07, 6.45) is 5.66. The predicted octanol–water partition coefficient (Wildman–Crippen LogP) is 5.78. The van der Waals surface area contributed by atoms with Crippen molar-refractivity contribution in [3.8, 4) is 5.75 Å². The first-order valence-corrected chi connectivity index (χ1v) is 17.9. The summed E-state index contributed by atoms with van der Waals surface area (Å²) < 4.78 is 11.2. The smallest absolute Gasteiger partial charge is 0.408 e. The molecule has 2 saturated carbocycles. The number of amides is 2. The number of benzene rings is 1. The van der Waals surface area contributed by atoms with E-state index in [2.05, 4.69) is 10.5 Å². The fourth-order valence-electron chi connectivity index (χ4n) is 7.72. The number of ketones is 3. The zero-order chi connectivity index (χ0) is 35.7. The number of hydrogen-bond acceptors (Lipinski definition) is 9. The van der Waals surface area contributed by atoms with Crippen molar-refractivity contribution in [3.05, 3.63) is 28.8 Å². The molecule has 268 valence electrons. The van der Waals surface area contributed by atoms with Gasteiger partial charge in [0.2, 0.25) is 11.7 Å². The van der Waals surface area contributed by atoms with Gasteiger partial charge >= 0.3 is 6.09 Å². The van der Waals surface area contributed by atoms with Crippen molar-refractivity contribution in [1.29, 1.82) is 0 Å². The zero-order valence-electron chi connectivity index (χ0n) is 30.2. The van der Waals surface area contributed by atoms with E-state index < -0.39 is 52.6 Å². The van der Waals surface area contributed by atoms with Crippen molar-refractivity contribution in [2.24, 2.45) is 22.4 Å². The van der Waals surface area contributed by atoms with Crippen LogP contribution in [0.1, 0.15) is 115 Å². The van der Waals surface area contributed by atoms with Gasteiger partial charge in [0.05, 0.1) is 25.4 Å². The minimum atomic E-state index is -0.994. The lowest BCUT2D eigenvalue weighted by atomic mass is 9.84. The second kappa shape index (κ2) is 14.6. The lowest BCUT2D eigenvalue weighted by Gasteiger charge is -2.35. The number of nitrogens with zero attached hydrogens (tertiary/aromatic N) is 2. The van der Waals surface area contributed by atoms with E-state index in [9.17, 15) is 24.0 Å². The van der Waals surface area contributed by atoms with Crippen LogP contribution in [0, 0.1) is 31.1 Å². The summed E-state index contributed by atoms with van der Waals surface area (Å²) in [6.45, 7) is 11.2. The number of Topliss-reactive ketones (excluding diaryl/α,β-unsaturated/α-hetero) is 3. The fraction of sp³-hybridized carbons (Fsp3) is 0.684. The molecule has 1 aromatic rings. The van der Waals surface area contributed by atoms with Gasteiger partial charge < -0.3 is 24.5 Å². The number of nitrogens with one attached hydrogen (secondary N) is 1. The fourth-order valence-corrected chi connectivity index (χ4v) is 7.72. The molecule has 0 radical (unpaired) electrons. The standard InChI is InChI=1S/C38H53N3O8/c1-8-30(42)32(44)26(17-24-13-14-24)18-31(43)29-20-38(19-28(40-49-38)25-15-22(2)33(47-7)23(3)16-25)21-41(29)35(45)34(37(4,5)6)39-36(46)48-27-11-9-10-12-27/h15-16,24,26-27,29,34H,8-14,17-21H2,1-7H3,(H,39,46)/t26?,29-,34+,38+/m0/s1. The average molecular weight is 680 g/mol. The normalized spacial score (nSPS) is 23.5. The number of ether oxygens (including phenoxy) is 2. The first-order chi connectivity index (χ1) is 23.1. The van der Waals surface area contributed by atoms with Crippen LogP contribution in [-0.4, -0.2) is 77.4 Å². The average Bonchev–Trinajstić information content (AvgIpc) is 3.38. The highest BCUT2D eigenvalue weighted by Crippen LogP contribution is 2.42. The number of hydrogen-bond donors (Lipinski definition) is 1. The van der Waals surface area contributed by atoms with Crippen molar-refractivity contribution in [2.75, 3.05) is 13.7 Å². The van der Waals surface area contributed by atoms with Crippen LogP contribution in [0.3, 0.4) is 0 Å². The highest BCUT2D eigenvalue weighted by Gasteiger charge is 2.55. The molecule has 49 heavy (non-hydrogen) atoms. The van der Waals surface area contributed by atoms with Crippen LogP contribution >= 0.6 is 0 Å². The monoisotopic (exact) mass is 679 g/mol. The molecule has 11 heteroatoms. The number of oxime groups is 1. The van der Waals surface area contributed by atoms with E-state index >= 15 is 0 Å². The molecule has 2 heterocycles. The van der Waals surface area contributed by atoms with Gasteiger partial charge in [-0.15, -0.1) is 0 Å². The van der Waals surface area contributed by atoms with E-state index in [1.165, 1.54) is 4.90 Å². The molecule has 5 rings (SSSR count). The van der Waals surface area contributed by atoms with Crippen LogP contribution in [0.25, 0.3) is 0 Å². The van der Waals surface area contributed by atoms with E-state index in [0.717, 1.165) is 61.0 Å². The molecule has 1 unspecified atom stereocenters. The molecule has 1 N–H and O–H groups in total. The predicted molar refractivity (Wildman–Crippen MR) is 183 cm³/mol. The molecule has 2 aliphatic carbocycles. The number of likely N-dealkylation sites (tertiary alicyclic amines) is 1. The first-order valence-electron chi connectivity index (χ1n) is 17.9. The molecule has 1 spiro atoms. The summed E-state index contributed by atoms with van der Waals surface area (Å²) in [7, 11) is 1.64. The lowest BCUT2D eigenvalue weighted by Crippen LogP contribution is -2.57. The molecule has 3 fully saturated rings. The van der Waals surface area contributed by atoms with Crippen LogP contribution in [0.5, 0.6) is 5.75 Å². The molecule has 1 saturated heterocycles. The maximum atomic E-state index is 14.6. The second-order valence-corrected chi connectivity index (χ2v) is 15.8. The largest absolute Gasteiger partial charge is 0.496 e. The number of methoxy groups -OCH3 is 1.